The Morgan fingerprint density at radius 1 is 1.14 bits per heavy atom. The van der Waals surface area contributed by atoms with Crippen LogP contribution in [0.3, 0.4) is 0 Å². The van der Waals surface area contributed by atoms with E-state index in [0.717, 1.165) is 10.2 Å². The maximum atomic E-state index is 12.3. The molecule has 0 radical (unpaired) electrons. The molecule has 0 aromatic heterocycles. The van der Waals surface area contributed by atoms with Crippen molar-refractivity contribution in [2.45, 2.75) is 13.3 Å². The van der Waals surface area contributed by atoms with Gasteiger partial charge in [0, 0.05) is 28.8 Å². The maximum absolute atomic E-state index is 12.3. The molecule has 29 heavy (non-hydrogen) atoms. The fourth-order valence-corrected chi connectivity index (χ4v) is 3.25. The molecule has 1 N–H and O–H groups in total. The Morgan fingerprint density at radius 3 is 2.48 bits per heavy atom. The summed E-state index contributed by atoms with van der Waals surface area (Å²) in [6.07, 6.45) is 0.0649. The summed E-state index contributed by atoms with van der Waals surface area (Å²) in [5.74, 6) is -1.04. The summed E-state index contributed by atoms with van der Waals surface area (Å²) in [6.45, 7) is 2.28. The maximum Gasteiger partial charge on any atom is 0.311 e. The van der Waals surface area contributed by atoms with Gasteiger partial charge in [0.2, 0.25) is 5.91 Å². The fourth-order valence-electron chi connectivity index (χ4n) is 2.99. The Bertz CT molecular complexity index is 883. The van der Waals surface area contributed by atoms with E-state index in [9.17, 15) is 14.4 Å². The van der Waals surface area contributed by atoms with Crippen molar-refractivity contribution in [2.24, 2.45) is 5.92 Å². The second-order valence-electron chi connectivity index (χ2n) is 6.50. The van der Waals surface area contributed by atoms with Gasteiger partial charge in [-0.15, -0.1) is 0 Å². The minimum absolute atomic E-state index is 0.0649. The van der Waals surface area contributed by atoms with E-state index >= 15 is 0 Å². The molecule has 1 aliphatic heterocycles. The van der Waals surface area contributed by atoms with Crippen molar-refractivity contribution in [3.8, 4) is 5.75 Å². The van der Waals surface area contributed by atoms with Crippen molar-refractivity contribution in [1.82, 2.24) is 0 Å². The summed E-state index contributed by atoms with van der Waals surface area (Å²) in [5, 5.41) is 2.65. The molecule has 2 aromatic rings. The van der Waals surface area contributed by atoms with Crippen molar-refractivity contribution in [3.05, 3.63) is 53.0 Å². The molecule has 1 heterocycles. The SMILES string of the molecule is CCOc1ccc(NC(=O)COC(=O)[C@@H]2CC(=O)N(c3ccc(Br)cc3)C2)cc1. The smallest absolute Gasteiger partial charge is 0.311 e. The average molecular weight is 461 g/mol. The zero-order valence-electron chi connectivity index (χ0n) is 15.9. The summed E-state index contributed by atoms with van der Waals surface area (Å²) in [5.41, 5.74) is 1.30. The minimum atomic E-state index is -0.593. The number of carbonyl (C=O) groups excluding carboxylic acids is 3. The number of nitrogens with zero attached hydrogens (tertiary/aromatic N) is 1. The molecule has 152 valence electrons. The molecular formula is C21H21BrN2O5. The molecule has 2 aromatic carbocycles. The van der Waals surface area contributed by atoms with Gasteiger partial charge in [-0.25, -0.2) is 0 Å². The highest BCUT2D eigenvalue weighted by Crippen LogP contribution is 2.27. The van der Waals surface area contributed by atoms with E-state index < -0.39 is 24.4 Å². The molecule has 0 unspecified atom stereocenters. The first kappa shape index (κ1) is 20.9. The zero-order valence-corrected chi connectivity index (χ0v) is 17.5. The van der Waals surface area contributed by atoms with Crippen LogP contribution in [0.15, 0.2) is 53.0 Å². The fraction of sp³-hybridized carbons (Fsp3) is 0.286. The van der Waals surface area contributed by atoms with Crippen molar-refractivity contribution in [3.63, 3.8) is 0 Å². The summed E-state index contributed by atoms with van der Waals surface area (Å²) in [7, 11) is 0. The van der Waals surface area contributed by atoms with Gasteiger partial charge in [0.25, 0.3) is 5.91 Å². The van der Waals surface area contributed by atoms with Gasteiger partial charge in [0.15, 0.2) is 6.61 Å². The largest absolute Gasteiger partial charge is 0.494 e. The molecule has 8 heteroatoms. The number of amides is 2. The molecule has 0 aliphatic carbocycles. The second-order valence-corrected chi connectivity index (χ2v) is 7.41. The van der Waals surface area contributed by atoms with Crippen LogP contribution in [0.5, 0.6) is 5.75 Å². The number of ether oxygens (including phenoxy) is 2. The van der Waals surface area contributed by atoms with Crippen molar-refractivity contribution in [1.29, 1.82) is 0 Å². The second kappa shape index (κ2) is 9.56. The van der Waals surface area contributed by atoms with E-state index in [4.69, 9.17) is 9.47 Å². The topological polar surface area (TPSA) is 84.9 Å². The van der Waals surface area contributed by atoms with Crippen LogP contribution in [0, 0.1) is 5.92 Å². The molecule has 7 nitrogen and oxygen atoms in total. The van der Waals surface area contributed by atoms with Crippen LogP contribution in [-0.4, -0.2) is 37.5 Å². The van der Waals surface area contributed by atoms with Gasteiger partial charge in [-0.1, -0.05) is 15.9 Å². The van der Waals surface area contributed by atoms with Crippen LogP contribution >= 0.6 is 15.9 Å². The third-order valence-corrected chi connectivity index (χ3v) is 4.92. The molecule has 3 rings (SSSR count). The molecule has 1 atom stereocenters. The van der Waals surface area contributed by atoms with E-state index in [2.05, 4.69) is 21.2 Å². The predicted octanol–water partition coefficient (Wildman–Crippen LogP) is 3.38. The average Bonchev–Trinajstić information content (AvgIpc) is 3.10. The number of rotatable bonds is 7. The van der Waals surface area contributed by atoms with Crippen LogP contribution in [0.1, 0.15) is 13.3 Å². The van der Waals surface area contributed by atoms with E-state index in [1.807, 2.05) is 19.1 Å². The lowest BCUT2D eigenvalue weighted by atomic mass is 10.1. The lowest BCUT2D eigenvalue weighted by Crippen LogP contribution is -2.28. The number of hydrogen-bond acceptors (Lipinski definition) is 5. The number of esters is 1. The normalized spacial score (nSPS) is 15.9. The van der Waals surface area contributed by atoms with Crippen molar-refractivity contribution < 1.29 is 23.9 Å². The third-order valence-electron chi connectivity index (χ3n) is 4.39. The third kappa shape index (κ3) is 5.57. The predicted molar refractivity (Wildman–Crippen MR) is 112 cm³/mol. The quantitative estimate of drug-likeness (QED) is 0.640. The summed E-state index contributed by atoms with van der Waals surface area (Å²) >= 11 is 3.35. The monoisotopic (exact) mass is 460 g/mol. The molecule has 1 fully saturated rings. The van der Waals surface area contributed by atoms with E-state index in [0.29, 0.717) is 18.0 Å². The Labute approximate surface area is 177 Å². The molecular weight excluding hydrogens is 440 g/mol. The highest BCUT2D eigenvalue weighted by Gasteiger charge is 2.36. The first-order valence-electron chi connectivity index (χ1n) is 9.21. The van der Waals surface area contributed by atoms with Gasteiger partial charge in [0.1, 0.15) is 5.75 Å². The van der Waals surface area contributed by atoms with Gasteiger partial charge >= 0.3 is 5.97 Å². The minimum Gasteiger partial charge on any atom is -0.494 e. The number of anilines is 2. The Kier molecular flexibility index (Phi) is 6.87. The van der Waals surface area contributed by atoms with Gasteiger partial charge in [-0.05, 0) is 55.5 Å². The first-order chi connectivity index (χ1) is 14.0. The number of hydrogen-bond donors (Lipinski definition) is 1. The number of carbonyl (C=O) groups is 3. The number of benzene rings is 2. The first-order valence-corrected chi connectivity index (χ1v) is 10.0. The molecule has 2 amide bonds. The van der Waals surface area contributed by atoms with Gasteiger partial charge < -0.3 is 19.7 Å². The molecule has 1 saturated heterocycles. The van der Waals surface area contributed by atoms with Crippen LogP contribution in [0.25, 0.3) is 0 Å². The van der Waals surface area contributed by atoms with Crippen LogP contribution in [-0.2, 0) is 19.1 Å². The van der Waals surface area contributed by atoms with E-state index in [1.165, 1.54) is 0 Å². The van der Waals surface area contributed by atoms with E-state index in [1.54, 1.807) is 41.3 Å². The lowest BCUT2D eigenvalue weighted by molar-refractivity contribution is -0.151. The summed E-state index contributed by atoms with van der Waals surface area (Å²) < 4.78 is 11.4. The van der Waals surface area contributed by atoms with Gasteiger partial charge in [-0.2, -0.15) is 0 Å². The van der Waals surface area contributed by atoms with Crippen molar-refractivity contribution >= 4 is 45.1 Å². The highest BCUT2D eigenvalue weighted by atomic mass is 79.9. The summed E-state index contributed by atoms with van der Waals surface area (Å²) in [4.78, 5) is 38.1. The number of halogens is 1. The Morgan fingerprint density at radius 2 is 1.83 bits per heavy atom. The number of nitrogens with one attached hydrogen (secondary N) is 1. The van der Waals surface area contributed by atoms with Crippen LogP contribution in [0.4, 0.5) is 11.4 Å². The van der Waals surface area contributed by atoms with Gasteiger partial charge in [0.05, 0.1) is 12.5 Å². The van der Waals surface area contributed by atoms with Crippen LogP contribution in [0.2, 0.25) is 0 Å². The van der Waals surface area contributed by atoms with Gasteiger partial charge in [-0.3, -0.25) is 14.4 Å². The van der Waals surface area contributed by atoms with Crippen LogP contribution < -0.4 is 15.0 Å². The molecule has 0 saturated carbocycles. The Balaban J connectivity index is 1.48. The molecule has 0 bridgehead atoms. The lowest BCUT2D eigenvalue weighted by Gasteiger charge is -2.16. The van der Waals surface area contributed by atoms with E-state index in [-0.39, 0.29) is 18.9 Å². The highest BCUT2D eigenvalue weighted by molar-refractivity contribution is 9.10. The molecule has 1 aliphatic rings. The zero-order chi connectivity index (χ0) is 20.8. The molecule has 0 spiro atoms. The summed E-state index contributed by atoms with van der Waals surface area (Å²) in [6, 6.07) is 14.2. The standard InChI is InChI=1S/C21H21BrN2O5/c1-2-28-18-9-5-16(6-10-18)23-19(25)13-29-21(27)14-11-20(26)24(12-14)17-7-3-15(22)4-8-17/h3-10,14H,2,11-13H2,1H3,(H,23,25)/t14-/m1/s1. The Hall–Kier alpha value is -2.87. The van der Waals surface area contributed by atoms with Crippen molar-refractivity contribution in [2.75, 3.05) is 30.0 Å².